The number of amides is 3. The number of H-pyrrole nitrogens is 1. The van der Waals surface area contributed by atoms with E-state index in [-0.39, 0.29) is 30.8 Å². The van der Waals surface area contributed by atoms with Crippen molar-refractivity contribution in [1.82, 2.24) is 20.2 Å². The highest BCUT2D eigenvalue weighted by Crippen LogP contribution is 2.39. The highest BCUT2D eigenvalue weighted by atomic mass is 35.5. The third-order valence-corrected chi connectivity index (χ3v) is 7.76. The standard InChI is InChI=1S/C30H36N6O3.ClH/c1-4-36-28(39)30(17-20-10-6-5-7-11-20)19-35(15-14-25(30)34-36)26(37)24(33-27(38)29(2,3)31)16-21-18-32-23-13-9-8-12-22(21)23;/h5-13,18,24,32H,4,14-17,19,31H2,1-3H3,(H,33,38);1H/t24-,30+;/m1./s1. The minimum absolute atomic E-state index is 0. The second-order valence-electron chi connectivity index (χ2n) is 11.1. The lowest BCUT2D eigenvalue weighted by atomic mass is 9.73. The van der Waals surface area contributed by atoms with Gasteiger partial charge in [-0.1, -0.05) is 48.5 Å². The topological polar surface area (TPSA) is 124 Å². The molecule has 0 bridgehead atoms. The third kappa shape index (κ3) is 5.48. The fourth-order valence-corrected chi connectivity index (χ4v) is 5.62. The predicted octanol–water partition coefficient (Wildman–Crippen LogP) is 3.03. The fraction of sp³-hybridized carbons (Fsp3) is 0.400. The van der Waals surface area contributed by atoms with Gasteiger partial charge in [0.1, 0.15) is 11.5 Å². The number of carbonyl (C=O) groups excluding carboxylic acids is 3. The molecule has 2 aromatic carbocycles. The zero-order valence-electron chi connectivity index (χ0n) is 23.1. The molecule has 212 valence electrons. The number of halogens is 1. The molecule has 2 atom stereocenters. The number of nitrogens with two attached hydrogens (primary N) is 1. The molecule has 1 aromatic heterocycles. The second kappa shape index (κ2) is 11.4. The zero-order chi connectivity index (χ0) is 27.8. The van der Waals surface area contributed by atoms with Crippen LogP contribution in [0, 0.1) is 5.41 Å². The largest absolute Gasteiger partial charge is 0.361 e. The Bertz CT molecular complexity index is 1430. The molecule has 10 heteroatoms. The van der Waals surface area contributed by atoms with Crippen molar-refractivity contribution < 1.29 is 14.4 Å². The normalized spacial score (nSPS) is 19.6. The van der Waals surface area contributed by atoms with Gasteiger partial charge in [-0.25, -0.2) is 5.01 Å². The average Bonchev–Trinajstić information content (AvgIpc) is 3.45. The number of hydrazone groups is 1. The molecule has 4 N–H and O–H groups in total. The van der Waals surface area contributed by atoms with Crippen LogP contribution in [0.25, 0.3) is 10.9 Å². The van der Waals surface area contributed by atoms with E-state index < -0.39 is 22.9 Å². The van der Waals surface area contributed by atoms with Crippen molar-refractivity contribution in [3.63, 3.8) is 0 Å². The van der Waals surface area contributed by atoms with Gasteiger partial charge in [0, 0.05) is 49.6 Å². The molecule has 9 nitrogen and oxygen atoms in total. The molecular weight excluding hydrogens is 528 g/mol. The first kappa shape index (κ1) is 29.3. The summed E-state index contributed by atoms with van der Waals surface area (Å²) in [5.41, 5.74) is 7.73. The maximum absolute atomic E-state index is 14.2. The molecule has 5 rings (SSSR count). The molecule has 0 unspecified atom stereocenters. The molecular formula is C30H37ClN6O3. The summed E-state index contributed by atoms with van der Waals surface area (Å²) in [6.07, 6.45) is 3.13. The van der Waals surface area contributed by atoms with E-state index in [0.29, 0.717) is 32.4 Å². The van der Waals surface area contributed by atoms with Crippen molar-refractivity contribution in [3.8, 4) is 0 Å². The first-order valence-electron chi connectivity index (χ1n) is 13.5. The van der Waals surface area contributed by atoms with Gasteiger partial charge in [-0.3, -0.25) is 14.4 Å². The van der Waals surface area contributed by atoms with Crippen molar-refractivity contribution in [2.75, 3.05) is 19.6 Å². The van der Waals surface area contributed by atoms with E-state index in [1.165, 1.54) is 5.01 Å². The molecule has 40 heavy (non-hydrogen) atoms. The van der Waals surface area contributed by atoms with Crippen molar-refractivity contribution in [3.05, 3.63) is 71.9 Å². The number of nitrogens with one attached hydrogen (secondary N) is 2. The fourth-order valence-electron chi connectivity index (χ4n) is 5.62. The number of rotatable bonds is 8. The van der Waals surface area contributed by atoms with E-state index in [0.717, 1.165) is 27.7 Å². The molecule has 0 aliphatic carbocycles. The summed E-state index contributed by atoms with van der Waals surface area (Å²) in [5.74, 6) is -0.721. The Balaban J connectivity index is 0.00000370. The summed E-state index contributed by atoms with van der Waals surface area (Å²) >= 11 is 0. The van der Waals surface area contributed by atoms with Crippen molar-refractivity contribution in [1.29, 1.82) is 0 Å². The molecule has 0 spiro atoms. The van der Waals surface area contributed by atoms with Crippen LogP contribution in [0.5, 0.6) is 0 Å². The molecule has 3 heterocycles. The highest BCUT2D eigenvalue weighted by Gasteiger charge is 2.54. The van der Waals surface area contributed by atoms with Gasteiger partial charge < -0.3 is 20.9 Å². The first-order valence-corrected chi connectivity index (χ1v) is 13.5. The second-order valence-corrected chi connectivity index (χ2v) is 11.1. The number of nitrogens with zero attached hydrogens (tertiary/aromatic N) is 3. The Labute approximate surface area is 240 Å². The van der Waals surface area contributed by atoms with Crippen LogP contribution in [0.15, 0.2) is 65.9 Å². The number of likely N-dealkylation sites (tertiary alicyclic amines) is 1. The summed E-state index contributed by atoms with van der Waals surface area (Å²) in [6, 6.07) is 16.9. The summed E-state index contributed by atoms with van der Waals surface area (Å²) in [6.45, 7) is 6.24. The quantitative estimate of drug-likeness (QED) is 0.389. The molecule has 0 radical (unpaired) electrons. The zero-order valence-corrected chi connectivity index (χ0v) is 24.0. The molecule has 1 fully saturated rings. The minimum atomic E-state index is -1.15. The van der Waals surface area contributed by atoms with Crippen molar-refractivity contribution >= 4 is 46.7 Å². The molecule has 3 aromatic rings. The number of hydrogen-bond donors (Lipinski definition) is 3. The number of hydrogen-bond acceptors (Lipinski definition) is 5. The number of para-hydroxylation sites is 1. The Morgan fingerprint density at radius 2 is 1.85 bits per heavy atom. The van der Waals surface area contributed by atoms with Crippen LogP contribution >= 0.6 is 12.4 Å². The smallest absolute Gasteiger partial charge is 0.256 e. The summed E-state index contributed by atoms with van der Waals surface area (Å²) < 4.78 is 0. The van der Waals surface area contributed by atoms with Gasteiger partial charge in [0.15, 0.2) is 0 Å². The van der Waals surface area contributed by atoms with Gasteiger partial charge in [-0.05, 0) is 44.4 Å². The highest BCUT2D eigenvalue weighted by molar-refractivity contribution is 6.14. The van der Waals surface area contributed by atoms with E-state index in [1.807, 2.05) is 67.7 Å². The van der Waals surface area contributed by atoms with Gasteiger partial charge in [-0.15, -0.1) is 12.4 Å². The molecule has 3 amide bonds. The Kier molecular flexibility index (Phi) is 8.37. The van der Waals surface area contributed by atoms with E-state index >= 15 is 0 Å². The summed E-state index contributed by atoms with van der Waals surface area (Å²) in [5, 5.41) is 10.1. The van der Waals surface area contributed by atoms with Crippen LogP contribution in [-0.2, 0) is 27.2 Å². The number of carbonyl (C=O) groups is 3. The van der Waals surface area contributed by atoms with Gasteiger partial charge in [0.25, 0.3) is 5.91 Å². The number of benzene rings is 2. The predicted molar refractivity (Wildman–Crippen MR) is 158 cm³/mol. The van der Waals surface area contributed by atoms with Crippen LogP contribution in [-0.4, -0.2) is 69.5 Å². The number of aromatic amines is 1. The molecule has 0 saturated carbocycles. The van der Waals surface area contributed by atoms with Crippen molar-refractivity contribution in [2.45, 2.75) is 51.6 Å². The van der Waals surface area contributed by atoms with Crippen LogP contribution in [0.4, 0.5) is 0 Å². The number of fused-ring (bicyclic) bond motifs is 2. The van der Waals surface area contributed by atoms with Crippen LogP contribution in [0.2, 0.25) is 0 Å². The number of aromatic nitrogens is 1. The van der Waals surface area contributed by atoms with Crippen molar-refractivity contribution in [2.24, 2.45) is 16.3 Å². The van der Waals surface area contributed by atoms with Gasteiger partial charge >= 0.3 is 0 Å². The number of piperidine rings is 1. The van der Waals surface area contributed by atoms with E-state index in [2.05, 4.69) is 15.4 Å². The molecule has 2 aliphatic rings. The minimum Gasteiger partial charge on any atom is -0.361 e. The Morgan fingerprint density at radius 1 is 1.15 bits per heavy atom. The Hall–Kier alpha value is -3.69. The SMILES string of the molecule is CCN1N=C2CCN(C(=O)[C@@H](Cc3c[nH]c4ccccc34)NC(=O)C(C)(C)N)C[C@]2(Cc2ccccc2)C1=O.Cl. The van der Waals surface area contributed by atoms with E-state index in [1.54, 1.807) is 18.7 Å². The third-order valence-electron chi connectivity index (χ3n) is 7.76. The monoisotopic (exact) mass is 564 g/mol. The van der Waals surface area contributed by atoms with Gasteiger partial charge in [-0.2, -0.15) is 5.10 Å². The van der Waals surface area contributed by atoms with Crippen LogP contribution in [0.1, 0.15) is 38.3 Å². The Morgan fingerprint density at radius 3 is 2.55 bits per heavy atom. The van der Waals surface area contributed by atoms with E-state index in [9.17, 15) is 14.4 Å². The maximum atomic E-state index is 14.2. The lowest BCUT2D eigenvalue weighted by Crippen LogP contribution is -2.61. The maximum Gasteiger partial charge on any atom is 0.256 e. The average molecular weight is 565 g/mol. The first-order chi connectivity index (χ1) is 18.6. The van der Waals surface area contributed by atoms with E-state index in [4.69, 9.17) is 5.73 Å². The lowest BCUT2D eigenvalue weighted by molar-refractivity contribution is -0.143. The summed E-state index contributed by atoms with van der Waals surface area (Å²) in [7, 11) is 0. The van der Waals surface area contributed by atoms with Crippen LogP contribution in [0.3, 0.4) is 0 Å². The molecule has 1 saturated heterocycles. The van der Waals surface area contributed by atoms with Gasteiger partial charge in [0.2, 0.25) is 11.8 Å². The summed E-state index contributed by atoms with van der Waals surface area (Å²) in [4.78, 5) is 45.8. The lowest BCUT2D eigenvalue weighted by Gasteiger charge is -2.41. The molecule has 2 aliphatic heterocycles. The van der Waals surface area contributed by atoms with Crippen LogP contribution < -0.4 is 11.1 Å². The van der Waals surface area contributed by atoms with Gasteiger partial charge in [0.05, 0.1) is 11.3 Å².